The number of halogens is 1. The Hall–Kier alpha value is -3.97. The third-order valence-corrected chi connectivity index (χ3v) is 5.52. The molecule has 0 heterocycles. The van der Waals surface area contributed by atoms with Gasteiger partial charge in [0.25, 0.3) is 5.91 Å². The highest BCUT2D eigenvalue weighted by Gasteiger charge is 2.13. The molecule has 0 fully saturated rings. The average Bonchev–Trinajstić information content (AvgIpc) is 2.85. The van der Waals surface area contributed by atoms with Gasteiger partial charge in [-0.05, 0) is 60.2 Å². The van der Waals surface area contributed by atoms with Crippen LogP contribution in [0.1, 0.15) is 21.5 Å². The highest BCUT2D eigenvalue weighted by Crippen LogP contribution is 2.27. The van der Waals surface area contributed by atoms with E-state index in [4.69, 9.17) is 9.47 Å². The molecule has 1 N–H and O–H groups in total. The SMILES string of the molecule is Cc1ccc(C(=O)Oc2ccc3ccccc3c2C=NNC(=O)COc2ccc(Br)cc2)cc1. The van der Waals surface area contributed by atoms with Crippen LogP contribution in [0.4, 0.5) is 0 Å². The molecule has 0 aromatic heterocycles. The molecule has 170 valence electrons. The van der Waals surface area contributed by atoms with Gasteiger partial charge in [-0.15, -0.1) is 0 Å². The van der Waals surface area contributed by atoms with Crippen molar-refractivity contribution in [1.82, 2.24) is 5.43 Å². The monoisotopic (exact) mass is 516 g/mol. The molecule has 34 heavy (non-hydrogen) atoms. The number of benzene rings is 4. The van der Waals surface area contributed by atoms with Gasteiger partial charge >= 0.3 is 5.97 Å². The van der Waals surface area contributed by atoms with Crippen molar-refractivity contribution in [3.8, 4) is 11.5 Å². The quantitative estimate of drug-likeness (QED) is 0.149. The third kappa shape index (κ3) is 5.88. The number of nitrogens with one attached hydrogen (secondary N) is 1. The number of hydrogen-bond acceptors (Lipinski definition) is 5. The fourth-order valence-corrected chi connectivity index (χ4v) is 3.49. The summed E-state index contributed by atoms with van der Waals surface area (Å²) in [5.41, 5.74) is 4.52. The maximum Gasteiger partial charge on any atom is 0.343 e. The van der Waals surface area contributed by atoms with Gasteiger partial charge in [-0.2, -0.15) is 5.10 Å². The number of hydrogen-bond donors (Lipinski definition) is 1. The predicted octanol–water partition coefficient (Wildman–Crippen LogP) is 5.66. The first-order valence-electron chi connectivity index (χ1n) is 10.5. The molecule has 0 atom stereocenters. The van der Waals surface area contributed by atoms with E-state index in [1.807, 2.05) is 61.5 Å². The maximum atomic E-state index is 12.7. The Bertz CT molecular complexity index is 1350. The van der Waals surface area contributed by atoms with E-state index in [1.54, 1.807) is 30.3 Å². The van der Waals surface area contributed by atoms with Gasteiger partial charge in [0.05, 0.1) is 11.8 Å². The summed E-state index contributed by atoms with van der Waals surface area (Å²) < 4.78 is 12.1. The molecule has 4 aromatic carbocycles. The van der Waals surface area contributed by atoms with Crippen LogP contribution in [0.2, 0.25) is 0 Å². The summed E-state index contributed by atoms with van der Waals surface area (Å²) >= 11 is 3.35. The largest absolute Gasteiger partial charge is 0.484 e. The van der Waals surface area contributed by atoms with Crippen LogP contribution in [0.5, 0.6) is 11.5 Å². The summed E-state index contributed by atoms with van der Waals surface area (Å²) in [5, 5.41) is 5.85. The van der Waals surface area contributed by atoms with Gasteiger partial charge in [-0.25, -0.2) is 10.2 Å². The Labute approximate surface area is 205 Å². The molecule has 4 aromatic rings. The van der Waals surface area contributed by atoms with E-state index in [2.05, 4.69) is 26.5 Å². The van der Waals surface area contributed by atoms with Gasteiger partial charge in [0.15, 0.2) is 6.61 Å². The minimum Gasteiger partial charge on any atom is -0.484 e. The van der Waals surface area contributed by atoms with Gasteiger partial charge in [0.2, 0.25) is 0 Å². The Balaban J connectivity index is 1.50. The lowest BCUT2D eigenvalue weighted by Gasteiger charge is -2.11. The number of ether oxygens (including phenoxy) is 2. The van der Waals surface area contributed by atoms with Crippen molar-refractivity contribution in [3.63, 3.8) is 0 Å². The summed E-state index contributed by atoms with van der Waals surface area (Å²) in [7, 11) is 0. The summed E-state index contributed by atoms with van der Waals surface area (Å²) in [4.78, 5) is 24.8. The number of esters is 1. The zero-order valence-electron chi connectivity index (χ0n) is 18.3. The highest BCUT2D eigenvalue weighted by molar-refractivity contribution is 9.10. The van der Waals surface area contributed by atoms with E-state index < -0.39 is 11.9 Å². The number of carbonyl (C=O) groups excluding carboxylic acids is 2. The topological polar surface area (TPSA) is 77.0 Å². The Morgan fingerprint density at radius 1 is 0.941 bits per heavy atom. The number of aryl methyl sites for hydroxylation is 1. The van der Waals surface area contributed by atoms with Crippen LogP contribution in [0, 0.1) is 6.92 Å². The maximum absolute atomic E-state index is 12.7. The highest BCUT2D eigenvalue weighted by atomic mass is 79.9. The van der Waals surface area contributed by atoms with Crippen LogP contribution >= 0.6 is 15.9 Å². The minimum atomic E-state index is -0.475. The van der Waals surface area contributed by atoms with Crippen molar-refractivity contribution in [3.05, 3.63) is 106 Å². The first-order valence-corrected chi connectivity index (χ1v) is 11.3. The van der Waals surface area contributed by atoms with E-state index >= 15 is 0 Å². The lowest BCUT2D eigenvalue weighted by atomic mass is 10.0. The molecule has 0 radical (unpaired) electrons. The number of amides is 1. The van der Waals surface area contributed by atoms with Crippen LogP contribution in [0.3, 0.4) is 0 Å². The van der Waals surface area contributed by atoms with Crippen LogP contribution in [-0.2, 0) is 4.79 Å². The molecular formula is C27H21BrN2O4. The third-order valence-electron chi connectivity index (χ3n) is 4.99. The molecule has 6 nitrogen and oxygen atoms in total. The Kier molecular flexibility index (Phi) is 7.34. The molecular weight excluding hydrogens is 496 g/mol. The summed E-state index contributed by atoms with van der Waals surface area (Å²) in [6.45, 7) is 1.76. The summed E-state index contributed by atoms with van der Waals surface area (Å²) in [5.74, 6) is 0.0181. The molecule has 4 rings (SSSR count). The second-order valence-electron chi connectivity index (χ2n) is 7.49. The molecule has 0 unspecified atom stereocenters. The number of hydrazone groups is 1. The molecule has 0 bridgehead atoms. The molecule has 0 saturated heterocycles. The normalized spacial score (nSPS) is 10.9. The number of nitrogens with zero attached hydrogens (tertiary/aromatic N) is 1. The van der Waals surface area contributed by atoms with Crippen molar-refractivity contribution in [2.45, 2.75) is 6.92 Å². The van der Waals surface area contributed by atoms with Gasteiger partial charge in [-0.3, -0.25) is 4.79 Å². The molecule has 0 aliphatic rings. The van der Waals surface area contributed by atoms with E-state index in [0.29, 0.717) is 22.6 Å². The average molecular weight is 517 g/mol. The summed E-state index contributed by atoms with van der Waals surface area (Å²) in [6, 6.07) is 25.5. The van der Waals surface area contributed by atoms with Gasteiger partial charge < -0.3 is 9.47 Å². The van der Waals surface area contributed by atoms with Gasteiger partial charge in [0, 0.05) is 10.0 Å². The second kappa shape index (κ2) is 10.8. The Morgan fingerprint density at radius 3 is 2.44 bits per heavy atom. The van der Waals surface area contributed by atoms with Gasteiger partial charge in [0.1, 0.15) is 11.5 Å². The zero-order valence-corrected chi connectivity index (χ0v) is 19.9. The number of carbonyl (C=O) groups is 2. The molecule has 0 spiro atoms. The fraction of sp³-hybridized carbons (Fsp3) is 0.0741. The second-order valence-corrected chi connectivity index (χ2v) is 8.41. The van der Waals surface area contributed by atoms with E-state index in [-0.39, 0.29) is 6.61 Å². The van der Waals surface area contributed by atoms with Crippen LogP contribution in [0.25, 0.3) is 10.8 Å². The number of rotatable bonds is 7. The lowest BCUT2D eigenvalue weighted by Crippen LogP contribution is -2.24. The molecule has 7 heteroatoms. The van der Waals surface area contributed by atoms with E-state index in [0.717, 1.165) is 20.8 Å². The van der Waals surface area contributed by atoms with Crippen molar-refractivity contribution in [1.29, 1.82) is 0 Å². The van der Waals surface area contributed by atoms with Crippen LogP contribution in [0.15, 0.2) is 94.5 Å². The zero-order chi connectivity index (χ0) is 23.9. The first kappa shape index (κ1) is 23.2. The summed E-state index contributed by atoms with van der Waals surface area (Å²) in [6.07, 6.45) is 1.47. The smallest absolute Gasteiger partial charge is 0.343 e. The van der Waals surface area contributed by atoms with E-state index in [1.165, 1.54) is 6.21 Å². The molecule has 0 aliphatic carbocycles. The Morgan fingerprint density at radius 2 is 1.68 bits per heavy atom. The van der Waals surface area contributed by atoms with Crippen LogP contribution < -0.4 is 14.9 Å². The molecule has 0 saturated carbocycles. The van der Waals surface area contributed by atoms with E-state index in [9.17, 15) is 9.59 Å². The van der Waals surface area contributed by atoms with Crippen molar-refractivity contribution < 1.29 is 19.1 Å². The molecule has 0 aliphatic heterocycles. The molecule has 1 amide bonds. The predicted molar refractivity (Wildman–Crippen MR) is 135 cm³/mol. The van der Waals surface area contributed by atoms with Crippen molar-refractivity contribution >= 4 is 44.8 Å². The standard InChI is InChI=1S/C27H21BrN2O4/c1-18-6-8-20(9-7-18)27(32)34-25-15-10-19-4-2-3-5-23(19)24(25)16-29-30-26(31)17-33-22-13-11-21(28)12-14-22/h2-16H,17H2,1H3,(H,30,31). The minimum absolute atomic E-state index is 0.191. The number of fused-ring (bicyclic) bond motifs is 1. The van der Waals surface area contributed by atoms with Crippen molar-refractivity contribution in [2.75, 3.05) is 6.61 Å². The lowest BCUT2D eigenvalue weighted by molar-refractivity contribution is -0.123. The van der Waals surface area contributed by atoms with Crippen LogP contribution in [-0.4, -0.2) is 24.7 Å². The fourth-order valence-electron chi connectivity index (χ4n) is 3.23. The van der Waals surface area contributed by atoms with Gasteiger partial charge in [-0.1, -0.05) is 64.0 Å². The van der Waals surface area contributed by atoms with Crippen molar-refractivity contribution in [2.24, 2.45) is 5.10 Å². The first-order chi connectivity index (χ1) is 16.5.